The molecular weight excluding hydrogens is 440 g/mol. The van der Waals surface area contributed by atoms with Gasteiger partial charge in [0, 0.05) is 37.2 Å². The molecule has 2 aromatic carbocycles. The second-order valence-electron chi connectivity index (χ2n) is 7.91. The molecule has 182 valence electrons. The average molecular weight is 471 g/mol. The maximum atomic E-state index is 13.0. The van der Waals surface area contributed by atoms with Crippen molar-refractivity contribution in [2.24, 2.45) is 5.92 Å². The van der Waals surface area contributed by atoms with E-state index in [9.17, 15) is 14.4 Å². The van der Waals surface area contributed by atoms with Gasteiger partial charge in [0.15, 0.2) is 0 Å². The fourth-order valence-corrected chi connectivity index (χ4v) is 3.93. The summed E-state index contributed by atoms with van der Waals surface area (Å²) in [6, 6.07) is 10.2. The molecule has 1 saturated heterocycles. The van der Waals surface area contributed by atoms with Crippen molar-refractivity contribution in [1.29, 1.82) is 0 Å². The number of methoxy groups -OCH3 is 4. The summed E-state index contributed by atoms with van der Waals surface area (Å²) < 4.78 is 20.5. The van der Waals surface area contributed by atoms with Crippen molar-refractivity contribution in [3.05, 3.63) is 53.1 Å². The zero-order valence-electron chi connectivity index (χ0n) is 19.9. The molecule has 9 nitrogen and oxygen atoms in total. The van der Waals surface area contributed by atoms with E-state index in [-0.39, 0.29) is 24.3 Å². The Morgan fingerprint density at radius 3 is 2.12 bits per heavy atom. The summed E-state index contributed by atoms with van der Waals surface area (Å²) in [5.74, 6) is 0.609. The molecular formula is C25H30N2O7. The van der Waals surface area contributed by atoms with E-state index < -0.39 is 5.97 Å². The lowest BCUT2D eigenvalue weighted by Gasteiger charge is -2.31. The minimum atomic E-state index is -0.504. The van der Waals surface area contributed by atoms with Crippen LogP contribution in [0.15, 0.2) is 36.4 Å². The van der Waals surface area contributed by atoms with Crippen molar-refractivity contribution in [2.45, 2.75) is 19.4 Å². The average Bonchev–Trinajstić information content (AvgIpc) is 2.90. The van der Waals surface area contributed by atoms with Crippen LogP contribution < -0.4 is 19.5 Å². The molecule has 1 aliphatic heterocycles. The van der Waals surface area contributed by atoms with Gasteiger partial charge in [0.25, 0.3) is 5.91 Å². The fraction of sp³-hybridized carbons (Fsp3) is 0.400. The lowest BCUT2D eigenvalue weighted by Crippen LogP contribution is -2.43. The third-order valence-electron chi connectivity index (χ3n) is 5.89. The lowest BCUT2D eigenvalue weighted by atomic mass is 9.95. The molecule has 1 N–H and O–H groups in total. The SMILES string of the molecule is COC(=O)c1cc(CNC(=O)C2CCN(C(=O)c3cc(OC)cc(OC)c3)CC2)ccc1OC. The first-order chi connectivity index (χ1) is 16.4. The number of rotatable bonds is 8. The Kier molecular flexibility index (Phi) is 8.34. The molecule has 2 amide bonds. The van der Waals surface area contributed by atoms with Gasteiger partial charge in [0.1, 0.15) is 22.8 Å². The Hall–Kier alpha value is -3.75. The monoisotopic (exact) mass is 470 g/mol. The van der Waals surface area contributed by atoms with E-state index >= 15 is 0 Å². The molecule has 0 unspecified atom stereocenters. The highest BCUT2D eigenvalue weighted by Crippen LogP contribution is 2.26. The summed E-state index contributed by atoms with van der Waals surface area (Å²) in [5, 5.41) is 2.93. The van der Waals surface area contributed by atoms with Crippen LogP contribution in [-0.4, -0.2) is 64.2 Å². The summed E-state index contributed by atoms with van der Waals surface area (Å²) in [4.78, 5) is 39.4. The number of nitrogens with zero attached hydrogens (tertiary/aromatic N) is 1. The van der Waals surface area contributed by atoms with Gasteiger partial charge in [-0.05, 0) is 42.7 Å². The fourth-order valence-electron chi connectivity index (χ4n) is 3.93. The number of esters is 1. The van der Waals surface area contributed by atoms with Crippen LogP contribution in [0, 0.1) is 5.92 Å². The predicted octanol–water partition coefficient (Wildman–Crippen LogP) is 2.67. The first kappa shape index (κ1) is 24.9. The summed E-state index contributed by atoms with van der Waals surface area (Å²) in [6.45, 7) is 1.23. The van der Waals surface area contributed by atoms with Crippen LogP contribution in [0.1, 0.15) is 39.1 Å². The Morgan fingerprint density at radius 2 is 1.56 bits per heavy atom. The lowest BCUT2D eigenvalue weighted by molar-refractivity contribution is -0.126. The minimum absolute atomic E-state index is 0.0782. The molecule has 0 spiro atoms. The van der Waals surface area contributed by atoms with E-state index in [1.165, 1.54) is 28.4 Å². The van der Waals surface area contributed by atoms with E-state index in [1.54, 1.807) is 41.3 Å². The maximum Gasteiger partial charge on any atom is 0.341 e. The van der Waals surface area contributed by atoms with Crippen LogP contribution in [0.25, 0.3) is 0 Å². The third-order valence-corrected chi connectivity index (χ3v) is 5.89. The molecule has 0 bridgehead atoms. The number of carbonyl (C=O) groups is 3. The van der Waals surface area contributed by atoms with Gasteiger partial charge in [-0.2, -0.15) is 0 Å². The molecule has 0 radical (unpaired) electrons. The van der Waals surface area contributed by atoms with E-state index in [0.717, 1.165) is 5.56 Å². The number of piperidine rings is 1. The van der Waals surface area contributed by atoms with Gasteiger partial charge >= 0.3 is 5.97 Å². The quantitative estimate of drug-likeness (QED) is 0.592. The van der Waals surface area contributed by atoms with Crippen LogP contribution in [0.4, 0.5) is 0 Å². The van der Waals surface area contributed by atoms with E-state index in [0.29, 0.717) is 54.3 Å². The van der Waals surface area contributed by atoms with Crippen molar-refractivity contribution in [3.63, 3.8) is 0 Å². The van der Waals surface area contributed by atoms with Crippen LogP contribution in [0.2, 0.25) is 0 Å². The van der Waals surface area contributed by atoms with Crippen LogP contribution >= 0.6 is 0 Å². The second-order valence-corrected chi connectivity index (χ2v) is 7.91. The first-order valence-corrected chi connectivity index (χ1v) is 11.0. The first-order valence-electron chi connectivity index (χ1n) is 11.0. The molecule has 2 aromatic rings. The van der Waals surface area contributed by atoms with Crippen molar-refractivity contribution in [2.75, 3.05) is 41.5 Å². The van der Waals surface area contributed by atoms with Gasteiger partial charge in [0.2, 0.25) is 5.91 Å². The van der Waals surface area contributed by atoms with Crippen molar-refractivity contribution in [1.82, 2.24) is 10.2 Å². The van der Waals surface area contributed by atoms with Crippen molar-refractivity contribution < 1.29 is 33.3 Å². The van der Waals surface area contributed by atoms with Gasteiger partial charge in [-0.1, -0.05) is 6.07 Å². The number of carbonyl (C=O) groups excluding carboxylic acids is 3. The zero-order valence-corrected chi connectivity index (χ0v) is 19.9. The van der Waals surface area contributed by atoms with Gasteiger partial charge in [0.05, 0.1) is 28.4 Å². The highest BCUT2D eigenvalue weighted by molar-refractivity contribution is 5.95. The number of ether oxygens (including phenoxy) is 4. The zero-order chi connectivity index (χ0) is 24.7. The van der Waals surface area contributed by atoms with E-state index in [1.807, 2.05) is 0 Å². The molecule has 34 heavy (non-hydrogen) atoms. The molecule has 9 heteroatoms. The maximum absolute atomic E-state index is 13.0. The number of benzene rings is 2. The van der Waals surface area contributed by atoms with Crippen molar-refractivity contribution >= 4 is 17.8 Å². The molecule has 0 aromatic heterocycles. The third kappa shape index (κ3) is 5.78. The normalized spacial score (nSPS) is 13.7. The highest BCUT2D eigenvalue weighted by Gasteiger charge is 2.28. The topological polar surface area (TPSA) is 103 Å². The Balaban J connectivity index is 1.56. The summed E-state index contributed by atoms with van der Waals surface area (Å²) >= 11 is 0. The molecule has 1 heterocycles. The molecule has 1 fully saturated rings. The predicted molar refractivity (Wildman–Crippen MR) is 124 cm³/mol. The summed E-state index contributed by atoms with van der Waals surface area (Å²) in [6.07, 6.45) is 1.13. The summed E-state index contributed by atoms with van der Waals surface area (Å²) in [7, 11) is 5.86. The summed E-state index contributed by atoms with van der Waals surface area (Å²) in [5.41, 5.74) is 1.55. The molecule has 0 saturated carbocycles. The van der Waals surface area contributed by atoms with Gasteiger partial charge in [-0.3, -0.25) is 9.59 Å². The number of amides is 2. The Labute approximate surface area is 198 Å². The number of hydrogen-bond acceptors (Lipinski definition) is 7. The highest BCUT2D eigenvalue weighted by atomic mass is 16.5. The standard InChI is InChI=1S/C25H30N2O7/c1-31-19-12-18(13-20(14-19)32-2)24(29)27-9-7-17(8-10-27)23(28)26-15-16-5-6-22(33-3)21(11-16)25(30)34-4/h5-6,11-14,17H,7-10,15H2,1-4H3,(H,26,28). The second kappa shape index (κ2) is 11.4. The molecule has 3 rings (SSSR count). The Bertz CT molecular complexity index is 1020. The van der Waals surface area contributed by atoms with Gasteiger partial charge < -0.3 is 29.2 Å². The number of likely N-dealkylation sites (tertiary alicyclic amines) is 1. The number of hydrogen-bond donors (Lipinski definition) is 1. The van der Waals surface area contributed by atoms with Crippen LogP contribution in [0.3, 0.4) is 0 Å². The van der Waals surface area contributed by atoms with Gasteiger partial charge in [-0.25, -0.2) is 4.79 Å². The van der Waals surface area contributed by atoms with E-state index in [4.69, 9.17) is 18.9 Å². The minimum Gasteiger partial charge on any atom is -0.497 e. The van der Waals surface area contributed by atoms with Crippen LogP contribution in [0.5, 0.6) is 17.2 Å². The van der Waals surface area contributed by atoms with E-state index in [2.05, 4.69) is 5.32 Å². The Morgan fingerprint density at radius 1 is 0.912 bits per heavy atom. The van der Waals surface area contributed by atoms with Crippen LogP contribution in [-0.2, 0) is 16.1 Å². The largest absolute Gasteiger partial charge is 0.497 e. The molecule has 0 atom stereocenters. The molecule has 1 aliphatic rings. The van der Waals surface area contributed by atoms with Crippen molar-refractivity contribution in [3.8, 4) is 17.2 Å². The molecule has 0 aliphatic carbocycles. The van der Waals surface area contributed by atoms with Gasteiger partial charge in [-0.15, -0.1) is 0 Å². The number of nitrogens with one attached hydrogen (secondary N) is 1. The smallest absolute Gasteiger partial charge is 0.341 e.